The van der Waals surface area contributed by atoms with Crippen LogP contribution in [0.1, 0.15) is 37.0 Å². The van der Waals surface area contributed by atoms with Gasteiger partial charge in [-0.1, -0.05) is 26.0 Å². The Morgan fingerprint density at radius 3 is 2.65 bits per heavy atom. The molecular weight excluding hydrogens is 214 g/mol. The van der Waals surface area contributed by atoms with E-state index in [4.69, 9.17) is 10.5 Å². The maximum absolute atomic E-state index is 12.2. The summed E-state index contributed by atoms with van der Waals surface area (Å²) in [5.74, 6) is 0.648. The molecule has 1 aromatic rings. The standard InChI is InChI=1S/C14H21NO2/c1-3-9-17-13-8-6-5-7-12(13)14(16)11(4-2)10-15/h5-8,11H,3-4,9-10,15H2,1-2H3. The Balaban J connectivity index is 2.91. The Bertz CT molecular complexity index is 359. The number of rotatable bonds is 7. The number of nitrogens with two attached hydrogens (primary N) is 1. The predicted octanol–water partition coefficient (Wildman–Crippen LogP) is 2.64. The summed E-state index contributed by atoms with van der Waals surface area (Å²) >= 11 is 0. The quantitative estimate of drug-likeness (QED) is 0.739. The van der Waals surface area contributed by atoms with Gasteiger partial charge in [-0.3, -0.25) is 4.79 Å². The summed E-state index contributed by atoms with van der Waals surface area (Å²) in [6, 6.07) is 7.39. The van der Waals surface area contributed by atoms with Crippen molar-refractivity contribution in [2.45, 2.75) is 26.7 Å². The minimum absolute atomic E-state index is 0.0849. The van der Waals surface area contributed by atoms with Crippen LogP contribution in [0.5, 0.6) is 5.75 Å². The molecule has 0 radical (unpaired) electrons. The van der Waals surface area contributed by atoms with Crippen LogP contribution in [0, 0.1) is 5.92 Å². The van der Waals surface area contributed by atoms with E-state index in [1.54, 1.807) is 0 Å². The van der Waals surface area contributed by atoms with Gasteiger partial charge in [0.1, 0.15) is 5.75 Å². The number of para-hydroxylation sites is 1. The Labute approximate surface area is 103 Å². The second-order valence-corrected chi connectivity index (χ2v) is 4.05. The SMILES string of the molecule is CCCOc1ccccc1C(=O)C(CC)CN. The highest BCUT2D eigenvalue weighted by Crippen LogP contribution is 2.22. The molecule has 0 amide bonds. The normalized spacial score (nSPS) is 12.2. The molecule has 0 aromatic heterocycles. The van der Waals surface area contributed by atoms with Crippen molar-refractivity contribution < 1.29 is 9.53 Å². The molecule has 0 aliphatic carbocycles. The van der Waals surface area contributed by atoms with E-state index in [2.05, 4.69) is 0 Å². The van der Waals surface area contributed by atoms with Gasteiger partial charge in [-0.15, -0.1) is 0 Å². The second kappa shape index (κ2) is 7.07. The van der Waals surface area contributed by atoms with Crippen molar-refractivity contribution in [2.24, 2.45) is 11.7 Å². The van der Waals surface area contributed by atoms with Gasteiger partial charge in [0.2, 0.25) is 0 Å². The summed E-state index contributed by atoms with van der Waals surface area (Å²) in [4.78, 5) is 12.2. The molecule has 3 nitrogen and oxygen atoms in total. The molecule has 1 rings (SSSR count). The highest BCUT2D eigenvalue weighted by atomic mass is 16.5. The van der Waals surface area contributed by atoms with Crippen LogP contribution in [-0.2, 0) is 0 Å². The minimum atomic E-state index is -0.110. The van der Waals surface area contributed by atoms with E-state index in [1.807, 2.05) is 38.1 Å². The number of ether oxygens (including phenoxy) is 1. The predicted molar refractivity (Wildman–Crippen MR) is 69.4 cm³/mol. The molecule has 0 bridgehead atoms. The summed E-state index contributed by atoms with van der Waals surface area (Å²) in [6.45, 7) is 5.03. The molecule has 3 heteroatoms. The third-order valence-electron chi connectivity index (χ3n) is 2.76. The van der Waals surface area contributed by atoms with Crippen molar-refractivity contribution in [1.29, 1.82) is 0 Å². The van der Waals surface area contributed by atoms with Crippen molar-refractivity contribution in [1.82, 2.24) is 0 Å². The molecular formula is C14H21NO2. The summed E-state index contributed by atoms with van der Waals surface area (Å²) in [5.41, 5.74) is 6.26. The smallest absolute Gasteiger partial charge is 0.170 e. The first-order chi connectivity index (χ1) is 8.24. The number of Topliss-reactive ketones (excluding diaryl/α,β-unsaturated/α-hetero) is 1. The molecule has 17 heavy (non-hydrogen) atoms. The fourth-order valence-corrected chi connectivity index (χ4v) is 1.69. The largest absolute Gasteiger partial charge is 0.493 e. The number of ketones is 1. The molecule has 0 aliphatic heterocycles. The molecule has 0 aliphatic rings. The zero-order chi connectivity index (χ0) is 12.7. The van der Waals surface area contributed by atoms with Gasteiger partial charge in [0.15, 0.2) is 5.78 Å². The lowest BCUT2D eigenvalue weighted by molar-refractivity contribution is 0.0917. The van der Waals surface area contributed by atoms with Gasteiger partial charge in [-0.2, -0.15) is 0 Å². The molecule has 0 heterocycles. The van der Waals surface area contributed by atoms with E-state index < -0.39 is 0 Å². The summed E-state index contributed by atoms with van der Waals surface area (Å²) in [7, 11) is 0. The Morgan fingerprint density at radius 2 is 2.06 bits per heavy atom. The van der Waals surface area contributed by atoms with Crippen molar-refractivity contribution in [3.05, 3.63) is 29.8 Å². The van der Waals surface area contributed by atoms with Crippen molar-refractivity contribution in [3.63, 3.8) is 0 Å². The van der Waals surface area contributed by atoms with Crippen LogP contribution in [0.4, 0.5) is 0 Å². The number of hydrogen-bond donors (Lipinski definition) is 1. The molecule has 0 spiro atoms. The molecule has 1 unspecified atom stereocenters. The van der Waals surface area contributed by atoms with Crippen LogP contribution in [0.2, 0.25) is 0 Å². The Hall–Kier alpha value is -1.35. The first-order valence-electron chi connectivity index (χ1n) is 6.20. The lowest BCUT2D eigenvalue weighted by Crippen LogP contribution is -2.23. The van der Waals surface area contributed by atoms with Gasteiger partial charge < -0.3 is 10.5 Å². The molecule has 94 valence electrons. The van der Waals surface area contributed by atoms with Crippen LogP contribution in [0.25, 0.3) is 0 Å². The van der Waals surface area contributed by atoms with Crippen LogP contribution in [0.3, 0.4) is 0 Å². The highest BCUT2D eigenvalue weighted by Gasteiger charge is 2.19. The lowest BCUT2D eigenvalue weighted by atomic mass is 9.95. The summed E-state index contributed by atoms with van der Waals surface area (Å²) in [5, 5.41) is 0. The third-order valence-corrected chi connectivity index (χ3v) is 2.76. The number of carbonyl (C=O) groups is 1. The lowest BCUT2D eigenvalue weighted by Gasteiger charge is -2.14. The zero-order valence-electron chi connectivity index (χ0n) is 10.6. The maximum atomic E-state index is 12.2. The monoisotopic (exact) mass is 235 g/mol. The molecule has 1 aromatic carbocycles. The number of benzene rings is 1. The van der Waals surface area contributed by atoms with Crippen LogP contribution in [-0.4, -0.2) is 18.9 Å². The van der Waals surface area contributed by atoms with E-state index in [0.717, 1.165) is 12.8 Å². The molecule has 0 saturated heterocycles. The number of carbonyl (C=O) groups excluding carboxylic acids is 1. The fraction of sp³-hybridized carbons (Fsp3) is 0.500. The van der Waals surface area contributed by atoms with E-state index in [-0.39, 0.29) is 11.7 Å². The van der Waals surface area contributed by atoms with E-state index in [9.17, 15) is 4.79 Å². The van der Waals surface area contributed by atoms with E-state index >= 15 is 0 Å². The van der Waals surface area contributed by atoms with Crippen molar-refractivity contribution in [2.75, 3.05) is 13.2 Å². The van der Waals surface area contributed by atoms with Gasteiger partial charge in [-0.25, -0.2) is 0 Å². The molecule has 0 fully saturated rings. The minimum Gasteiger partial charge on any atom is -0.493 e. The first kappa shape index (κ1) is 13.7. The van der Waals surface area contributed by atoms with Crippen LogP contribution in [0.15, 0.2) is 24.3 Å². The van der Waals surface area contributed by atoms with Gasteiger partial charge in [0, 0.05) is 12.5 Å². The zero-order valence-corrected chi connectivity index (χ0v) is 10.6. The number of hydrogen-bond acceptors (Lipinski definition) is 3. The average molecular weight is 235 g/mol. The van der Waals surface area contributed by atoms with Crippen LogP contribution >= 0.6 is 0 Å². The van der Waals surface area contributed by atoms with E-state index in [1.165, 1.54) is 0 Å². The van der Waals surface area contributed by atoms with Gasteiger partial charge in [-0.05, 0) is 25.0 Å². The molecule has 0 saturated carbocycles. The summed E-state index contributed by atoms with van der Waals surface area (Å²) < 4.78 is 5.58. The fourth-order valence-electron chi connectivity index (χ4n) is 1.69. The van der Waals surface area contributed by atoms with E-state index in [0.29, 0.717) is 24.5 Å². The summed E-state index contributed by atoms with van der Waals surface area (Å²) in [6.07, 6.45) is 1.69. The van der Waals surface area contributed by atoms with Crippen molar-refractivity contribution in [3.8, 4) is 5.75 Å². The third kappa shape index (κ3) is 3.56. The molecule has 1 atom stereocenters. The van der Waals surface area contributed by atoms with Gasteiger partial charge in [0.25, 0.3) is 0 Å². The second-order valence-electron chi connectivity index (χ2n) is 4.05. The van der Waals surface area contributed by atoms with Gasteiger partial charge in [0.05, 0.1) is 12.2 Å². The average Bonchev–Trinajstić information content (AvgIpc) is 2.38. The topological polar surface area (TPSA) is 52.3 Å². The first-order valence-corrected chi connectivity index (χ1v) is 6.20. The highest BCUT2D eigenvalue weighted by molar-refractivity contribution is 6.00. The van der Waals surface area contributed by atoms with Gasteiger partial charge >= 0.3 is 0 Å². The Morgan fingerprint density at radius 1 is 1.35 bits per heavy atom. The molecule has 2 N–H and O–H groups in total. The van der Waals surface area contributed by atoms with Crippen molar-refractivity contribution >= 4 is 5.78 Å². The Kier molecular flexibility index (Phi) is 5.70. The van der Waals surface area contributed by atoms with Crippen LogP contribution < -0.4 is 10.5 Å². The maximum Gasteiger partial charge on any atom is 0.170 e.